The van der Waals surface area contributed by atoms with Crippen LogP contribution in [0.3, 0.4) is 0 Å². The van der Waals surface area contributed by atoms with Gasteiger partial charge in [-0.15, -0.1) is 0 Å². The molecule has 2 rings (SSSR count). The van der Waals surface area contributed by atoms with Crippen LogP contribution >= 0.6 is 0 Å². The van der Waals surface area contributed by atoms with Crippen molar-refractivity contribution >= 4 is 21.9 Å². The van der Waals surface area contributed by atoms with Crippen LogP contribution in [0.1, 0.15) is 43.5 Å². The van der Waals surface area contributed by atoms with Crippen molar-refractivity contribution in [3.8, 4) is 0 Å². The zero-order valence-corrected chi connectivity index (χ0v) is 14.5. The third-order valence-corrected chi connectivity index (χ3v) is 6.21. The number of sulfonamides is 1. The molecule has 0 aromatic heterocycles. The van der Waals surface area contributed by atoms with Gasteiger partial charge in [0.2, 0.25) is 10.0 Å². The monoisotopic (exact) mass is 354 g/mol. The van der Waals surface area contributed by atoms with Crippen LogP contribution in [-0.2, 0) is 14.8 Å². The van der Waals surface area contributed by atoms with E-state index in [4.69, 9.17) is 5.11 Å². The predicted octanol–water partition coefficient (Wildman–Crippen LogP) is 1.45. The van der Waals surface area contributed by atoms with Crippen LogP contribution in [0.4, 0.5) is 0 Å². The molecule has 1 fully saturated rings. The molecule has 1 aromatic carbocycles. The lowest BCUT2D eigenvalue weighted by Gasteiger charge is -2.32. The maximum Gasteiger partial charge on any atom is 0.325 e. The number of nitrogens with one attached hydrogen (secondary N) is 1. The van der Waals surface area contributed by atoms with Crippen molar-refractivity contribution in [2.45, 2.75) is 50.1 Å². The van der Waals surface area contributed by atoms with E-state index < -0.39 is 27.9 Å². The molecule has 1 heterocycles. The minimum absolute atomic E-state index is 0.0388. The third kappa shape index (κ3) is 3.93. The van der Waals surface area contributed by atoms with Gasteiger partial charge in [0.15, 0.2) is 0 Å². The molecule has 2 atom stereocenters. The molecule has 0 aliphatic carbocycles. The van der Waals surface area contributed by atoms with E-state index in [2.05, 4.69) is 5.32 Å². The Morgan fingerprint density at radius 1 is 1.25 bits per heavy atom. The molecular formula is C16H22N2O5S. The van der Waals surface area contributed by atoms with E-state index in [1.165, 1.54) is 35.5 Å². The van der Waals surface area contributed by atoms with Crippen LogP contribution < -0.4 is 5.32 Å². The standard InChI is InChI=1S/C16H22N2O5S/c1-11-5-3-4-10-18(11)24(22,23)14-8-6-13(7-9-14)15(19)17-12(2)16(20)21/h6-9,11-12H,3-5,10H2,1-2H3,(H,17,19)(H,20,21). The van der Waals surface area contributed by atoms with Gasteiger partial charge >= 0.3 is 5.97 Å². The van der Waals surface area contributed by atoms with Gasteiger partial charge in [-0.25, -0.2) is 8.42 Å². The van der Waals surface area contributed by atoms with E-state index >= 15 is 0 Å². The summed E-state index contributed by atoms with van der Waals surface area (Å²) in [6.07, 6.45) is 2.71. The van der Waals surface area contributed by atoms with Crippen molar-refractivity contribution < 1.29 is 23.1 Å². The van der Waals surface area contributed by atoms with Gasteiger partial charge in [0.1, 0.15) is 6.04 Å². The summed E-state index contributed by atoms with van der Waals surface area (Å²) in [5.41, 5.74) is 0.216. The fourth-order valence-electron chi connectivity index (χ4n) is 2.68. The number of nitrogens with zero attached hydrogens (tertiary/aromatic N) is 1. The van der Waals surface area contributed by atoms with Crippen LogP contribution in [0.2, 0.25) is 0 Å². The van der Waals surface area contributed by atoms with Gasteiger partial charge in [-0.05, 0) is 51.0 Å². The predicted molar refractivity (Wildman–Crippen MR) is 88.2 cm³/mol. The van der Waals surface area contributed by atoms with Gasteiger partial charge in [-0.1, -0.05) is 6.42 Å². The number of benzene rings is 1. The summed E-state index contributed by atoms with van der Waals surface area (Å²) in [5, 5.41) is 11.1. The highest BCUT2D eigenvalue weighted by Gasteiger charge is 2.31. The van der Waals surface area contributed by atoms with Crippen LogP contribution in [0.5, 0.6) is 0 Å². The highest BCUT2D eigenvalue weighted by Crippen LogP contribution is 2.25. The molecule has 2 N–H and O–H groups in total. The lowest BCUT2D eigenvalue weighted by molar-refractivity contribution is -0.138. The Labute approximate surface area is 141 Å². The zero-order chi connectivity index (χ0) is 17.9. The van der Waals surface area contributed by atoms with Crippen molar-refractivity contribution in [2.75, 3.05) is 6.54 Å². The molecule has 2 unspecified atom stereocenters. The lowest BCUT2D eigenvalue weighted by Crippen LogP contribution is -2.42. The van der Waals surface area contributed by atoms with E-state index in [0.29, 0.717) is 6.54 Å². The van der Waals surface area contributed by atoms with Crippen LogP contribution in [0, 0.1) is 0 Å². The second-order valence-corrected chi connectivity index (χ2v) is 7.91. The fraction of sp³-hybridized carbons (Fsp3) is 0.500. The maximum absolute atomic E-state index is 12.7. The van der Waals surface area contributed by atoms with Gasteiger partial charge in [-0.2, -0.15) is 4.31 Å². The quantitative estimate of drug-likeness (QED) is 0.833. The minimum Gasteiger partial charge on any atom is -0.480 e. The number of piperidine rings is 1. The number of hydrogen-bond acceptors (Lipinski definition) is 4. The summed E-state index contributed by atoms with van der Waals surface area (Å²) >= 11 is 0. The molecule has 0 spiro atoms. The molecule has 1 aromatic rings. The Hall–Kier alpha value is -1.93. The highest BCUT2D eigenvalue weighted by molar-refractivity contribution is 7.89. The van der Waals surface area contributed by atoms with Crippen LogP contribution in [0.25, 0.3) is 0 Å². The zero-order valence-electron chi connectivity index (χ0n) is 13.7. The Morgan fingerprint density at radius 2 is 1.88 bits per heavy atom. The topological polar surface area (TPSA) is 104 Å². The first-order valence-corrected chi connectivity index (χ1v) is 9.33. The van der Waals surface area contributed by atoms with E-state index in [1.807, 2.05) is 6.92 Å². The number of aliphatic carboxylic acids is 1. The molecule has 24 heavy (non-hydrogen) atoms. The summed E-state index contributed by atoms with van der Waals surface area (Å²) in [4.78, 5) is 22.8. The molecule has 0 bridgehead atoms. The Kier molecular flexibility index (Phi) is 5.61. The van der Waals surface area contributed by atoms with Crippen molar-refractivity contribution in [3.05, 3.63) is 29.8 Å². The molecule has 1 amide bonds. The van der Waals surface area contributed by atoms with Gasteiger partial charge < -0.3 is 10.4 Å². The molecule has 0 saturated carbocycles. The smallest absolute Gasteiger partial charge is 0.325 e. The molecule has 8 heteroatoms. The third-order valence-electron chi connectivity index (χ3n) is 4.18. The number of rotatable bonds is 5. The Balaban J connectivity index is 2.16. The summed E-state index contributed by atoms with van der Waals surface area (Å²) in [7, 11) is -3.58. The second-order valence-electron chi connectivity index (χ2n) is 6.02. The molecule has 1 saturated heterocycles. The molecule has 1 aliphatic heterocycles. The fourth-order valence-corrected chi connectivity index (χ4v) is 4.38. The van der Waals surface area contributed by atoms with E-state index in [1.54, 1.807) is 0 Å². The number of hydrogen-bond donors (Lipinski definition) is 2. The maximum atomic E-state index is 12.7. The average molecular weight is 354 g/mol. The first-order valence-electron chi connectivity index (χ1n) is 7.89. The van der Waals surface area contributed by atoms with Gasteiger partial charge in [0.05, 0.1) is 4.90 Å². The number of carboxylic acid groups (broad SMARTS) is 1. The molecule has 0 radical (unpaired) electrons. The van der Waals surface area contributed by atoms with Crippen molar-refractivity contribution in [1.29, 1.82) is 0 Å². The van der Waals surface area contributed by atoms with Gasteiger partial charge in [0.25, 0.3) is 5.91 Å². The average Bonchev–Trinajstić information content (AvgIpc) is 2.55. The summed E-state index contributed by atoms with van der Waals surface area (Å²) in [5.74, 6) is -1.69. The van der Waals surface area contributed by atoms with E-state index in [9.17, 15) is 18.0 Å². The Bertz CT molecular complexity index is 714. The van der Waals surface area contributed by atoms with Crippen LogP contribution in [-0.4, -0.2) is 48.3 Å². The minimum atomic E-state index is -3.58. The lowest BCUT2D eigenvalue weighted by atomic mass is 10.1. The van der Waals surface area contributed by atoms with Crippen LogP contribution in [0.15, 0.2) is 29.2 Å². The number of amides is 1. The van der Waals surface area contributed by atoms with Crippen molar-refractivity contribution in [1.82, 2.24) is 9.62 Å². The SMILES string of the molecule is CC(NC(=O)c1ccc(S(=O)(=O)N2CCCCC2C)cc1)C(=O)O. The summed E-state index contributed by atoms with van der Waals surface area (Å²) in [6.45, 7) is 3.75. The van der Waals surface area contributed by atoms with Gasteiger partial charge in [-0.3, -0.25) is 9.59 Å². The molecule has 1 aliphatic rings. The van der Waals surface area contributed by atoms with Crippen molar-refractivity contribution in [3.63, 3.8) is 0 Å². The first-order chi connectivity index (χ1) is 11.2. The second kappa shape index (κ2) is 7.31. The molecular weight excluding hydrogens is 332 g/mol. The molecule has 132 valence electrons. The number of carbonyl (C=O) groups excluding carboxylic acids is 1. The summed E-state index contributed by atoms with van der Waals surface area (Å²) in [6, 6.07) is 4.50. The molecule has 7 nitrogen and oxygen atoms in total. The highest BCUT2D eigenvalue weighted by atomic mass is 32.2. The first kappa shape index (κ1) is 18.4. The van der Waals surface area contributed by atoms with E-state index in [0.717, 1.165) is 19.3 Å². The van der Waals surface area contributed by atoms with E-state index in [-0.39, 0.29) is 16.5 Å². The number of carbonyl (C=O) groups is 2. The Morgan fingerprint density at radius 3 is 2.42 bits per heavy atom. The number of carboxylic acids is 1. The largest absolute Gasteiger partial charge is 0.480 e. The summed E-state index contributed by atoms with van der Waals surface area (Å²) < 4.78 is 26.9. The normalized spacial score (nSPS) is 20.3. The van der Waals surface area contributed by atoms with Crippen molar-refractivity contribution in [2.24, 2.45) is 0 Å². The van der Waals surface area contributed by atoms with Gasteiger partial charge in [0, 0.05) is 18.2 Å².